The molecule has 0 aliphatic rings. The Labute approximate surface area is 170 Å². The molecule has 0 N–H and O–H groups in total. The number of halogens is 1. The molecule has 4 aromatic rings. The Morgan fingerprint density at radius 3 is 2.48 bits per heavy atom. The third-order valence-corrected chi connectivity index (χ3v) is 4.94. The highest BCUT2D eigenvalue weighted by Crippen LogP contribution is 2.18. The van der Waals surface area contributed by atoms with E-state index < -0.39 is 0 Å². The normalized spacial score (nSPS) is 11.3. The predicted molar refractivity (Wildman–Crippen MR) is 118 cm³/mol. The molecule has 0 aliphatic heterocycles. The van der Waals surface area contributed by atoms with Gasteiger partial charge in [-0.25, -0.2) is 4.98 Å². The van der Waals surface area contributed by atoms with Crippen LogP contribution in [0.15, 0.2) is 82.6 Å². The smallest absolute Gasteiger partial charge is 0.265 e. The van der Waals surface area contributed by atoms with Crippen LogP contribution in [0, 0.1) is 10.5 Å². The van der Waals surface area contributed by atoms with E-state index in [4.69, 9.17) is 0 Å². The highest BCUT2D eigenvalue weighted by atomic mass is 127. The molecule has 3 aromatic carbocycles. The largest absolute Gasteiger partial charge is 0.268 e. The molecule has 0 saturated carbocycles. The van der Waals surface area contributed by atoms with Gasteiger partial charge in [0.05, 0.1) is 22.3 Å². The number of aryl methyl sites for hydroxylation is 1. The molecule has 1 heterocycles. The molecular weight excluding hydrogens is 449 g/mol. The van der Waals surface area contributed by atoms with Crippen LogP contribution in [0.25, 0.3) is 16.6 Å². The van der Waals surface area contributed by atoms with Gasteiger partial charge in [-0.2, -0.15) is 0 Å². The quantitative estimate of drug-likeness (QED) is 0.314. The van der Waals surface area contributed by atoms with Crippen LogP contribution in [0.2, 0.25) is 0 Å². The van der Waals surface area contributed by atoms with Gasteiger partial charge in [-0.3, -0.25) is 14.4 Å². The average Bonchev–Trinajstić information content (AvgIpc) is 2.69. The molecule has 0 atom stereocenters. The van der Waals surface area contributed by atoms with Gasteiger partial charge in [0.15, 0.2) is 0 Å². The van der Waals surface area contributed by atoms with Crippen molar-refractivity contribution >= 4 is 45.4 Å². The maximum absolute atomic E-state index is 13.0. The van der Waals surface area contributed by atoms with Gasteiger partial charge in [-0.05, 0) is 77.5 Å². The van der Waals surface area contributed by atoms with Gasteiger partial charge < -0.3 is 0 Å². The molecule has 0 aliphatic carbocycles. The third-order valence-electron chi connectivity index (χ3n) is 4.27. The van der Waals surface area contributed by atoms with Crippen molar-refractivity contribution in [3.8, 4) is 5.69 Å². The second kappa shape index (κ2) is 7.44. The molecule has 4 nitrogen and oxygen atoms in total. The van der Waals surface area contributed by atoms with Crippen LogP contribution in [0.5, 0.6) is 0 Å². The minimum Gasteiger partial charge on any atom is -0.268 e. The minimum absolute atomic E-state index is 0.0587. The fourth-order valence-electron chi connectivity index (χ4n) is 2.95. The summed E-state index contributed by atoms with van der Waals surface area (Å²) in [6.07, 6.45) is 1.83. The number of fused-ring (bicyclic) bond motifs is 1. The Kier molecular flexibility index (Phi) is 4.85. The molecule has 0 amide bonds. The van der Waals surface area contributed by atoms with E-state index >= 15 is 0 Å². The fraction of sp³-hybridized carbons (Fsp3) is 0.0455. The first-order chi connectivity index (χ1) is 13.1. The third kappa shape index (κ3) is 3.68. The molecular formula is C22H16IN3O. The summed E-state index contributed by atoms with van der Waals surface area (Å²) < 4.78 is 2.66. The molecule has 5 heteroatoms. The van der Waals surface area contributed by atoms with Crippen molar-refractivity contribution in [1.82, 2.24) is 9.55 Å². The van der Waals surface area contributed by atoms with Crippen molar-refractivity contribution in [3.05, 3.63) is 98.1 Å². The van der Waals surface area contributed by atoms with E-state index in [0.29, 0.717) is 11.2 Å². The lowest BCUT2D eigenvalue weighted by atomic mass is 10.2. The van der Waals surface area contributed by atoms with Gasteiger partial charge in [-0.1, -0.05) is 30.3 Å². The molecule has 0 bridgehead atoms. The Morgan fingerprint density at radius 1 is 1.00 bits per heavy atom. The maximum atomic E-state index is 13.0. The van der Waals surface area contributed by atoms with Gasteiger partial charge in [0.2, 0.25) is 0 Å². The standard InChI is InChI=1S/C22H16IN3O/c1-15-25-21-12-7-17(23)13-20(21)22(27)26(15)19-10-8-18(9-11-19)24-14-16-5-3-2-4-6-16/h2-14H,1H3. The molecule has 0 saturated heterocycles. The van der Waals surface area contributed by atoms with E-state index in [1.807, 2.05) is 85.9 Å². The zero-order chi connectivity index (χ0) is 18.8. The summed E-state index contributed by atoms with van der Waals surface area (Å²) in [5, 5.41) is 0.624. The topological polar surface area (TPSA) is 47.2 Å². The van der Waals surface area contributed by atoms with Crippen molar-refractivity contribution in [2.75, 3.05) is 0 Å². The summed E-state index contributed by atoms with van der Waals surface area (Å²) in [5.74, 6) is 0.661. The lowest BCUT2D eigenvalue weighted by molar-refractivity contribution is 0.895. The maximum Gasteiger partial charge on any atom is 0.265 e. The molecule has 132 valence electrons. The molecule has 0 unspecified atom stereocenters. The Balaban J connectivity index is 1.72. The van der Waals surface area contributed by atoms with E-state index in [-0.39, 0.29) is 5.56 Å². The van der Waals surface area contributed by atoms with E-state index in [1.165, 1.54) is 0 Å². The summed E-state index contributed by atoms with van der Waals surface area (Å²) in [6.45, 7) is 1.85. The van der Waals surface area contributed by atoms with Crippen molar-refractivity contribution in [1.29, 1.82) is 0 Å². The minimum atomic E-state index is -0.0587. The van der Waals surface area contributed by atoms with E-state index in [0.717, 1.165) is 26.0 Å². The summed E-state index contributed by atoms with van der Waals surface area (Å²) in [6, 6.07) is 23.3. The Hall–Kier alpha value is -2.80. The van der Waals surface area contributed by atoms with Crippen LogP contribution < -0.4 is 5.56 Å². The van der Waals surface area contributed by atoms with E-state index in [9.17, 15) is 4.79 Å². The summed E-state index contributed by atoms with van der Waals surface area (Å²) >= 11 is 2.21. The second-order valence-corrected chi connectivity index (χ2v) is 7.39. The summed E-state index contributed by atoms with van der Waals surface area (Å²) in [4.78, 5) is 22.1. The first-order valence-electron chi connectivity index (χ1n) is 8.50. The van der Waals surface area contributed by atoms with Crippen LogP contribution in [-0.2, 0) is 0 Å². The number of hydrogen-bond donors (Lipinski definition) is 0. The van der Waals surface area contributed by atoms with Crippen molar-refractivity contribution in [2.45, 2.75) is 6.92 Å². The van der Waals surface area contributed by atoms with Crippen LogP contribution in [0.4, 0.5) is 5.69 Å². The highest BCUT2D eigenvalue weighted by Gasteiger charge is 2.10. The molecule has 0 radical (unpaired) electrons. The van der Waals surface area contributed by atoms with Gasteiger partial charge >= 0.3 is 0 Å². The lowest BCUT2D eigenvalue weighted by Crippen LogP contribution is -2.22. The van der Waals surface area contributed by atoms with E-state index in [1.54, 1.807) is 4.57 Å². The summed E-state index contributed by atoms with van der Waals surface area (Å²) in [7, 11) is 0. The van der Waals surface area contributed by atoms with Crippen molar-refractivity contribution in [2.24, 2.45) is 4.99 Å². The molecule has 4 rings (SSSR count). The average molecular weight is 465 g/mol. The van der Waals surface area contributed by atoms with Crippen LogP contribution >= 0.6 is 22.6 Å². The zero-order valence-electron chi connectivity index (χ0n) is 14.6. The highest BCUT2D eigenvalue weighted by molar-refractivity contribution is 14.1. The first kappa shape index (κ1) is 17.6. The zero-order valence-corrected chi connectivity index (χ0v) is 16.8. The number of benzene rings is 3. The SMILES string of the molecule is Cc1nc2ccc(I)cc2c(=O)n1-c1ccc(N=Cc2ccccc2)cc1. The number of nitrogens with zero attached hydrogens (tertiary/aromatic N) is 3. The molecule has 0 spiro atoms. The molecule has 0 fully saturated rings. The fourth-order valence-corrected chi connectivity index (χ4v) is 3.44. The summed E-state index contributed by atoms with van der Waals surface area (Å²) in [5.41, 5.74) is 3.32. The first-order valence-corrected chi connectivity index (χ1v) is 9.58. The molecule has 1 aromatic heterocycles. The van der Waals surface area contributed by atoms with Gasteiger partial charge in [0.1, 0.15) is 5.82 Å². The van der Waals surface area contributed by atoms with Gasteiger partial charge in [-0.15, -0.1) is 0 Å². The number of hydrogen-bond acceptors (Lipinski definition) is 3. The molecule has 27 heavy (non-hydrogen) atoms. The Bertz CT molecular complexity index is 1200. The van der Waals surface area contributed by atoms with Crippen LogP contribution in [-0.4, -0.2) is 15.8 Å². The van der Waals surface area contributed by atoms with Gasteiger partial charge in [0.25, 0.3) is 5.56 Å². The van der Waals surface area contributed by atoms with Crippen LogP contribution in [0.3, 0.4) is 0 Å². The number of aromatic nitrogens is 2. The predicted octanol–water partition coefficient (Wildman–Crippen LogP) is 5.05. The van der Waals surface area contributed by atoms with Crippen molar-refractivity contribution in [3.63, 3.8) is 0 Å². The number of aliphatic imine (C=N–C) groups is 1. The van der Waals surface area contributed by atoms with E-state index in [2.05, 4.69) is 32.6 Å². The lowest BCUT2D eigenvalue weighted by Gasteiger charge is -2.11. The second-order valence-electron chi connectivity index (χ2n) is 6.15. The number of rotatable bonds is 3. The van der Waals surface area contributed by atoms with Crippen LogP contribution in [0.1, 0.15) is 11.4 Å². The van der Waals surface area contributed by atoms with Crippen molar-refractivity contribution < 1.29 is 0 Å². The van der Waals surface area contributed by atoms with Gasteiger partial charge in [0, 0.05) is 9.78 Å². The monoisotopic (exact) mass is 465 g/mol. The Morgan fingerprint density at radius 2 is 1.74 bits per heavy atom.